The van der Waals surface area contributed by atoms with Crippen LogP contribution in [0.3, 0.4) is 0 Å². The van der Waals surface area contributed by atoms with Crippen LogP contribution in [0.15, 0.2) is 22.7 Å². The number of rotatable bonds is 18. The third-order valence-corrected chi connectivity index (χ3v) is 5.94. The maximum absolute atomic E-state index is 13.2. The smallest absolute Gasteiger partial charge is 0.306 e. The summed E-state index contributed by atoms with van der Waals surface area (Å²) in [5.74, 6) is -0.689. The molecule has 176 valence electrons. The van der Waals surface area contributed by atoms with Crippen molar-refractivity contribution in [2.45, 2.75) is 103 Å². The standard InChI is InChI=1S/C25H38BrFO4/c1-2-3-4-5-10-13-18-30-24(28)14-11-8-6-7-9-12-15-25(29)31-20-21-19-22(27)16-17-23(21)26/h16-17,19H,2-15,18,20H2,1H3. The molecule has 0 N–H and O–H groups in total. The Bertz CT molecular complexity index is 636. The molecule has 0 unspecified atom stereocenters. The zero-order valence-corrected chi connectivity index (χ0v) is 20.5. The van der Waals surface area contributed by atoms with Gasteiger partial charge in [-0.25, -0.2) is 4.39 Å². The van der Waals surface area contributed by atoms with Crippen LogP contribution in [-0.2, 0) is 25.7 Å². The highest BCUT2D eigenvalue weighted by Crippen LogP contribution is 2.19. The molecule has 0 aliphatic heterocycles. The van der Waals surface area contributed by atoms with Crippen LogP contribution in [-0.4, -0.2) is 18.5 Å². The molecule has 0 heterocycles. The van der Waals surface area contributed by atoms with Gasteiger partial charge in [0.05, 0.1) is 6.61 Å². The molecule has 1 aromatic rings. The minimum atomic E-state index is -0.347. The predicted octanol–water partition coefficient (Wildman–Crippen LogP) is 7.66. The van der Waals surface area contributed by atoms with Crippen molar-refractivity contribution < 1.29 is 23.5 Å². The Morgan fingerprint density at radius 1 is 0.806 bits per heavy atom. The molecule has 0 aliphatic rings. The summed E-state index contributed by atoms with van der Waals surface area (Å²) >= 11 is 3.32. The number of benzene rings is 1. The first kappa shape index (κ1) is 27.6. The van der Waals surface area contributed by atoms with Gasteiger partial charge in [-0.05, 0) is 37.5 Å². The molecule has 0 radical (unpaired) electrons. The van der Waals surface area contributed by atoms with Crippen molar-refractivity contribution in [1.82, 2.24) is 0 Å². The van der Waals surface area contributed by atoms with E-state index in [9.17, 15) is 14.0 Å². The van der Waals surface area contributed by atoms with Gasteiger partial charge in [0.1, 0.15) is 12.4 Å². The molecule has 0 aromatic heterocycles. The lowest BCUT2D eigenvalue weighted by Crippen LogP contribution is -2.05. The van der Waals surface area contributed by atoms with Crippen molar-refractivity contribution in [2.75, 3.05) is 6.61 Å². The van der Waals surface area contributed by atoms with Gasteiger partial charge in [-0.2, -0.15) is 0 Å². The molecule has 6 heteroatoms. The fraction of sp³-hybridized carbons (Fsp3) is 0.680. The number of carbonyl (C=O) groups is 2. The minimum absolute atomic E-state index is 0.0755. The van der Waals surface area contributed by atoms with Crippen molar-refractivity contribution in [2.24, 2.45) is 0 Å². The second-order valence-electron chi connectivity index (χ2n) is 8.01. The number of ether oxygens (including phenoxy) is 2. The Kier molecular flexibility index (Phi) is 16.2. The van der Waals surface area contributed by atoms with Gasteiger partial charge in [0.2, 0.25) is 0 Å². The molecule has 0 atom stereocenters. The lowest BCUT2D eigenvalue weighted by atomic mass is 10.1. The summed E-state index contributed by atoms with van der Waals surface area (Å²) in [5.41, 5.74) is 0.624. The molecule has 31 heavy (non-hydrogen) atoms. The molecular weight excluding hydrogens is 463 g/mol. The Morgan fingerprint density at radius 2 is 1.35 bits per heavy atom. The highest BCUT2D eigenvalue weighted by atomic mass is 79.9. The Hall–Kier alpha value is -1.43. The summed E-state index contributed by atoms with van der Waals surface area (Å²) in [5, 5.41) is 0. The second kappa shape index (κ2) is 18.2. The summed E-state index contributed by atoms with van der Waals surface area (Å²) in [6, 6.07) is 4.32. The van der Waals surface area contributed by atoms with Gasteiger partial charge in [0, 0.05) is 22.9 Å². The van der Waals surface area contributed by atoms with Gasteiger partial charge in [0.25, 0.3) is 0 Å². The molecule has 0 aliphatic carbocycles. The third-order valence-electron chi connectivity index (χ3n) is 5.17. The molecule has 4 nitrogen and oxygen atoms in total. The van der Waals surface area contributed by atoms with E-state index in [2.05, 4.69) is 22.9 Å². The van der Waals surface area contributed by atoms with Crippen molar-refractivity contribution in [1.29, 1.82) is 0 Å². The monoisotopic (exact) mass is 500 g/mol. The van der Waals surface area contributed by atoms with Crippen LogP contribution in [0.4, 0.5) is 4.39 Å². The van der Waals surface area contributed by atoms with Gasteiger partial charge in [0.15, 0.2) is 0 Å². The van der Waals surface area contributed by atoms with Crippen molar-refractivity contribution in [3.05, 3.63) is 34.1 Å². The molecule has 0 bridgehead atoms. The zero-order chi connectivity index (χ0) is 22.7. The Morgan fingerprint density at radius 3 is 2.00 bits per heavy atom. The van der Waals surface area contributed by atoms with Crippen LogP contribution in [0.1, 0.15) is 102 Å². The molecule has 0 spiro atoms. The first-order valence-electron chi connectivity index (χ1n) is 11.8. The van der Waals surface area contributed by atoms with Gasteiger partial charge in [-0.3, -0.25) is 9.59 Å². The van der Waals surface area contributed by atoms with E-state index in [1.165, 1.54) is 37.8 Å². The molecular formula is C25H38BrFO4. The molecule has 1 aromatic carbocycles. The molecule has 0 fully saturated rings. The summed E-state index contributed by atoms with van der Waals surface area (Å²) in [6.45, 7) is 2.83. The van der Waals surface area contributed by atoms with Crippen molar-refractivity contribution in [3.63, 3.8) is 0 Å². The van der Waals surface area contributed by atoms with Gasteiger partial charge >= 0.3 is 11.9 Å². The van der Waals surface area contributed by atoms with Gasteiger partial charge in [-0.15, -0.1) is 0 Å². The topological polar surface area (TPSA) is 52.6 Å². The molecule has 1 rings (SSSR count). The maximum atomic E-state index is 13.2. The zero-order valence-electron chi connectivity index (χ0n) is 18.9. The van der Waals surface area contributed by atoms with Crippen LogP contribution in [0.5, 0.6) is 0 Å². The van der Waals surface area contributed by atoms with E-state index in [4.69, 9.17) is 9.47 Å². The maximum Gasteiger partial charge on any atom is 0.306 e. The van der Waals surface area contributed by atoms with Gasteiger partial charge < -0.3 is 9.47 Å². The average molecular weight is 501 g/mol. The normalized spacial score (nSPS) is 10.8. The van der Waals surface area contributed by atoms with E-state index >= 15 is 0 Å². The summed E-state index contributed by atoms with van der Waals surface area (Å²) < 4.78 is 24.4. The number of esters is 2. The van der Waals surface area contributed by atoms with E-state index in [1.807, 2.05) is 0 Å². The summed E-state index contributed by atoms with van der Waals surface area (Å²) in [6.07, 6.45) is 13.7. The fourth-order valence-electron chi connectivity index (χ4n) is 3.27. The number of halogens is 2. The Balaban J connectivity index is 1.91. The predicted molar refractivity (Wildman–Crippen MR) is 125 cm³/mol. The summed E-state index contributed by atoms with van der Waals surface area (Å²) in [4.78, 5) is 23.5. The number of hydrogen-bond acceptors (Lipinski definition) is 4. The van der Waals surface area contributed by atoms with E-state index in [-0.39, 0.29) is 24.4 Å². The van der Waals surface area contributed by atoms with Crippen LogP contribution in [0, 0.1) is 5.82 Å². The van der Waals surface area contributed by atoms with Crippen LogP contribution in [0.2, 0.25) is 0 Å². The number of hydrogen-bond donors (Lipinski definition) is 0. The van der Waals surface area contributed by atoms with Crippen LogP contribution < -0.4 is 0 Å². The summed E-state index contributed by atoms with van der Waals surface area (Å²) in [7, 11) is 0. The van der Waals surface area contributed by atoms with Crippen LogP contribution in [0.25, 0.3) is 0 Å². The number of carbonyl (C=O) groups excluding carboxylic acids is 2. The third kappa shape index (κ3) is 15.1. The molecule has 0 saturated heterocycles. The number of unbranched alkanes of at least 4 members (excludes halogenated alkanes) is 10. The SMILES string of the molecule is CCCCCCCCOC(=O)CCCCCCCCC(=O)OCc1cc(F)ccc1Br. The quantitative estimate of drug-likeness (QED) is 0.153. The minimum Gasteiger partial charge on any atom is -0.466 e. The van der Waals surface area contributed by atoms with Crippen LogP contribution >= 0.6 is 15.9 Å². The van der Waals surface area contributed by atoms with E-state index in [0.29, 0.717) is 25.0 Å². The van der Waals surface area contributed by atoms with Gasteiger partial charge in [-0.1, -0.05) is 80.6 Å². The highest BCUT2D eigenvalue weighted by Gasteiger charge is 2.07. The highest BCUT2D eigenvalue weighted by molar-refractivity contribution is 9.10. The average Bonchev–Trinajstić information content (AvgIpc) is 2.75. The van der Waals surface area contributed by atoms with E-state index in [0.717, 1.165) is 55.8 Å². The lowest BCUT2D eigenvalue weighted by Gasteiger charge is -2.07. The molecule has 0 amide bonds. The fourth-order valence-corrected chi connectivity index (χ4v) is 3.63. The van der Waals surface area contributed by atoms with Crippen molar-refractivity contribution >= 4 is 27.9 Å². The largest absolute Gasteiger partial charge is 0.466 e. The Labute approximate surface area is 195 Å². The van der Waals surface area contributed by atoms with E-state index in [1.54, 1.807) is 6.07 Å². The first-order chi connectivity index (χ1) is 15.0. The lowest BCUT2D eigenvalue weighted by molar-refractivity contribution is -0.145. The van der Waals surface area contributed by atoms with Crippen molar-refractivity contribution in [3.8, 4) is 0 Å². The first-order valence-corrected chi connectivity index (χ1v) is 12.6. The second-order valence-corrected chi connectivity index (χ2v) is 8.86. The molecule has 0 saturated carbocycles. The van der Waals surface area contributed by atoms with E-state index < -0.39 is 0 Å².